The van der Waals surface area contributed by atoms with Crippen LogP contribution in [-0.2, 0) is 9.47 Å². The van der Waals surface area contributed by atoms with Gasteiger partial charge in [0.15, 0.2) is 6.29 Å². The minimum atomic E-state index is -0.0136. The summed E-state index contributed by atoms with van der Waals surface area (Å²) in [6.07, 6.45) is 4.77. The average Bonchev–Trinajstić information content (AvgIpc) is 3.07. The monoisotopic (exact) mass is 291 g/mol. The molecule has 21 heavy (non-hydrogen) atoms. The van der Waals surface area contributed by atoms with Gasteiger partial charge in [0.25, 0.3) is 0 Å². The molecular weight excluding hydrogens is 266 g/mol. The zero-order valence-corrected chi connectivity index (χ0v) is 12.6. The van der Waals surface area contributed by atoms with Gasteiger partial charge in [-0.15, -0.1) is 0 Å². The Balaban J connectivity index is 1.42. The lowest BCUT2D eigenvalue weighted by Gasteiger charge is -2.37. The Hall–Kier alpha value is -1.10. The SMILES string of the molecule is c1ccc(OCCCN2CCCCC2C2OCCO2)cc1. The highest BCUT2D eigenvalue weighted by atomic mass is 16.7. The summed E-state index contributed by atoms with van der Waals surface area (Å²) in [4.78, 5) is 2.52. The van der Waals surface area contributed by atoms with Gasteiger partial charge >= 0.3 is 0 Å². The number of ether oxygens (including phenoxy) is 3. The highest BCUT2D eigenvalue weighted by Gasteiger charge is 2.33. The third-order valence-electron chi connectivity index (χ3n) is 4.23. The van der Waals surface area contributed by atoms with Crippen molar-refractivity contribution in [3.8, 4) is 5.75 Å². The molecule has 4 heteroatoms. The van der Waals surface area contributed by atoms with Gasteiger partial charge in [-0.05, 0) is 37.9 Å². The summed E-state index contributed by atoms with van der Waals surface area (Å²) in [5, 5.41) is 0. The molecule has 2 fully saturated rings. The first kappa shape index (κ1) is 14.8. The molecule has 2 aliphatic rings. The van der Waals surface area contributed by atoms with Crippen LogP contribution >= 0.6 is 0 Å². The Morgan fingerprint density at radius 1 is 1.10 bits per heavy atom. The van der Waals surface area contributed by atoms with Crippen LogP contribution in [0.25, 0.3) is 0 Å². The highest BCUT2D eigenvalue weighted by Crippen LogP contribution is 2.24. The minimum Gasteiger partial charge on any atom is -0.494 e. The molecule has 1 aromatic rings. The lowest BCUT2D eigenvalue weighted by Crippen LogP contribution is -2.47. The Bertz CT molecular complexity index is 406. The van der Waals surface area contributed by atoms with E-state index < -0.39 is 0 Å². The fourth-order valence-electron chi connectivity index (χ4n) is 3.18. The van der Waals surface area contributed by atoms with Crippen molar-refractivity contribution in [1.82, 2.24) is 4.90 Å². The van der Waals surface area contributed by atoms with Gasteiger partial charge in [-0.25, -0.2) is 0 Å². The van der Waals surface area contributed by atoms with E-state index in [4.69, 9.17) is 14.2 Å². The molecule has 3 rings (SSSR count). The topological polar surface area (TPSA) is 30.9 Å². The van der Waals surface area contributed by atoms with Crippen molar-refractivity contribution < 1.29 is 14.2 Å². The number of rotatable bonds is 6. The zero-order chi connectivity index (χ0) is 14.3. The third-order valence-corrected chi connectivity index (χ3v) is 4.23. The smallest absolute Gasteiger partial charge is 0.173 e. The predicted octanol–water partition coefficient (Wildman–Crippen LogP) is 2.68. The second kappa shape index (κ2) is 7.78. The van der Waals surface area contributed by atoms with E-state index in [1.165, 1.54) is 19.3 Å². The van der Waals surface area contributed by atoms with Crippen LogP contribution in [0, 0.1) is 0 Å². The van der Waals surface area contributed by atoms with Crippen LogP contribution < -0.4 is 4.74 Å². The van der Waals surface area contributed by atoms with Crippen molar-refractivity contribution in [2.75, 3.05) is 32.9 Å². The van der Waals surface area contributed by atoms with E-state index in [9.17, 15) is 0 Å². The first-order chi connectivity index (χ1) is 10.4. The van der Waals surface area contributed by atoms with E-state index in [2.05, 4.69) is 4.90 Å². The molecule has 2 saturated heterocycles. The Labute approximate surface area is 127 Å². The molecule has 0 bridgehead atoms. The number of nitrogens with zero attached hydrogens (tertiary/aromatic N) is 1. The molecule has 0 spiro atoms. The first-order valence-electron chi connectivity index (χ1n) is 8.08. The van der Waals surface area contributed by atoms with Crippen LogP contribution in [0.15, 0.2) is 30.3 Å². The van der Waals surface area contributed by atoms with Gasteiger partial charge in [-0.3, -0.25) is 4.90 Å². The van der Waals surface area contributed by atoms with E-state index in [0.717, 1.165) is 45.1 Å². The molecule has 0 amide bonds. The number of benzene rings is 1. The number of para-hydroxylation sites is 1. The molecule has 4 nitrogen and oxygen atoms in total. The lowest BCUT2D eigenvalue weighted by molar-refractivity contribution is -0.109. The number of piperidine rings is 1. The molecule has 2 heterocycles. The Kier molecular flexibility index (Phi) is 5.49. The van der Waals surface area contributed by atoms with E-state index in [0.29, 0.717) is 6.04 Å². The van der Waals surface area contributed by atoms with Crippen LogP contribution in [0.1, 0.15) is 25.7 Å². The van der Waals surface area contributed by atoms with Crippen molar-refractivity contribution in [3.05, 3.63) is 30.3 Å². The molecule has 0 N–H and O–H groups in total. The summed E-state index contributed by atoms with van der Waals surface area (Å²) in [5.74, 6) is 0.954. The molecular formula is C17H25NO3. The third kappa shape index (κ3) is 4.19. The van der Waals surface area contributed by atoms with Gasteiger partial charge in [0.05, 0.1) is 25.9 Å². The van der Waals surface area contributed by atoms with Crippen molar-refractivity contribution >= 4 is 0 Å². The van der Waals surface area contributed by atoms with E-state index >= 15 is 0 Å². The maximum absolute atomic E-state index is 5.77. The Morgan fingerprint density at radius 2 is 1.90 bits per heavy atom. The van der Waals surface area contributed by atoms with E-state index in [1.54, 1.807) is 0 Å². The highest BCUT2D eigenvalue weighted by molar-refractivity contribution is 5.20. The maximum Gasteiger partial charge on any atom is 0.173 e. The normalized spacial score (nSPS) is 24.3. The van der Waals surface area contributed by atoms with Crippen molar-refractivity contribution in [3.63, 3.8) is 0 Å². The van der Waals surface area contributed by atoms with E-state index in [1.807, 2.05) is 30.3 Å². The van der Waals surface area contributed by atoms with Gasteiger partial charge < -0.3 is 14.2 Å². The fourth-order valence-corrected chi connectivity index (χ4v) is 3.18. The van der Waals surface area contributed by atoms with Gasteiger partial charge in [0.2, 0.25) is 0 Å². The summed E-state index contributed by atoms with van der Waals surface area (Å²) < 4.78 is 17.2. The van der Waals surface area contributed by atoms with Crippen LogP contribution in [-0.4, -0.2) is 50.1 Å². The van der Waals surface area contributed by atoms with E-state index in [-0.39, 0.29) is 6.29 Å². The summed E-state index contributed by atoms with van der Waals surface area (Å²) in [6.45, 7) is 4.46. The van der Waals surface area contributed by atoms with Gasteiger partial charge in [0.1, 0.15) is 5.75 Å². The molecule has 0 radical (unpaired) electrons. The maximum atomic E-state index is 5.77. The van der Waals surface area contributed by atoms with Crippen molar-refractivity contribution in [2.45, 2.75) is 38.0 Å². The summed E-state index contributed by atoms with van der Waals surface area (Å²) in [7, 11) is 0. The number of hydrogen-bond donors (Lipinski definition) is 0. The standard InChI is InChI=1S/C17H25NO3/c1-2-7-15(8-3-1)19-12-6-11-18-10-5-4-9-16(18)17-20-13-14-21-17/h1-3,7-8,16-17H,4-6,9-14H2. The quantitative estimate of drug-likeness (QED) is 0.754. The molecule has 0 aliphatic carbocycles. The summed E-state index contributed by atoms with van der Waals surface area (Å²) in [6, 6.07) is 10.5. The molecule has 1 atom stereocenters. The molecule has 116 valence electrons. The van der Waals surface area contributed by atoms with Crippen molar-refractivity contribution in [1.29, 1.82) is 0 Å². The average molecular weight is 291 g/mol. The summed E-state index contributed by atoms with van der Waals surface area (Å²) in [5.41, 5.74) is 0. The second-order valence-corrected chi connectivity index (χ2v) is 5.72. The summed E-state index contributed by atoms with van der Waals surface area (Å²) >= 11 is 0. The second-order valence-electron chi connectivity index (χ2n) is 5.72. The van der Waals surface area contributed by atoms with Crippen LogP contribution in [0.5, 0.6) is 5.75 Å². The molecule has 0 saturated carbocycles. The van der Waals surface area contributed by atoms with Gasteiger partial charge in [-0.1, -0.05) is 24.6 Å². The van der Waals surface area contributed by atoms with Crippen LogP contribution in [0.3, 0.4) is 0 Å². The van der Waals surface area contributed by atoms with Gasteiger partial charge in [0, 0.05) is 6.54 Å². The Morgan fingerprint density at radius 3 is 2.71 bits per heavy atom. The molecule has 2 aliphatic heterocycles. The van der Waals surface area contributed by atoms with Crippen LogP contribution in [0.2, 0.25) is 0 Å². The minimum absolute atomic E-state index is 0.0136. The van der Waals surface area contributed by atoms with Crippen molar-refractivity contribution in [2.24, 2.45) is 0 Å². The number of likely N-dealkylation sites (tertiary alicyclic amines) is 1. The van der Waals surface area contributed by atoms with Gasteiger partial charge in [-0.2, -0.15) is 0 Å². The first-order valence-corrected chi connectivity index (χ1v) is 8.08. The number of hydrogen-bond acceptors (Lipinski definition) is 4. The lowest BCUT2D eigenvalue weighted by atomic mass is 10.0. The molecule has 0 aromatic heterocycles. The molecule has 1 aromatic carbocycles. The predicted molar refractivity (Wildman–Crippen MR) is 81.5 cm³/mol. The molecule has 1 unspecified atom stereocenters. The van der Waals surface area contributed by atoms with Crippen LogP contribution in [0.4, 0.5) is 0 Å². The zero-order valence-electron chi connectivity index (χ0n) is 12.6. The fraction of sp³-hybridized carbons (Fsp3) is 0.647. The largest absolute Gasteiger partial charge is 0.494 e.